The number of benzene rings is 1. The van der Waals surface area contributed by atoms with Gasteiger partial charge in [-0.3, -0.25) is 9.71 Å². The topological polar surface area (TPSA) is 107 Å². The van der Waals surface area contributed by atoms with E-state index in [0.29, 0.717) is 17.0 Å². The first kappa shape index (κ1) is 20.2. The van der Waals surface area contributed by atoms with Gasteiger partial charge in [0.25, 0.3) is 5.89 Å². The van der Waals surface area contributed by atoms with Crippen molar-refractivity contribution in [3.8, 4) is 17.2 Å². The van der Waals surface area contributed by atoms with Crippen LogP contribution in [0.5, 0.6) is 5.75 Å². The second-order valence-electron chi connectivity index (χ2n) is 5.09. The van der Waals surface area contributed by atoms with Crippen LogP contribution < -0.4 is 9.46 Å². The number of methoxy groups -OCH3 is 1. The molecule has 0 aliphatic carbocycles. The average molecular weight is 398 g/mol. The first-order chi connectivity index (χ1) is 12.8. The lowest BCUT2D eigenvalue weighted by Gasteiger charge is -2.04. The standard InChI is InChI=1S/C8H5F2N3O.C8H11NO3S/c9-6(10)8-13-12-7(14-8)5-2-1-3-11-4-5;1-12-8-5-3-7(4-6-8)9-13(2,10)11/h1-4,6H;3-6,9H,1-2H3. The summed E-state index contributed by atoms with van der Waals surface area (Å²) in [4.78, 5) is 3.80. The number of aromatic nitrogens is 3. The van der Waals surface area contributed by atoms with Gasteiger partial charge in [-0.1, -0.05) is 0 Å². The van der Waals surface area contributed by atoms with Gasteiger partial charge < -0.3 is 9.15 Å². The van der Waals surface area contributed by atoms with Gasteiger partial charge in [0.2, 0.25) is 15.9 Å². The Labute approximate surface area is 154 Å². The molecule has 0 fully saturated rings. The molecule has 11 heteroatoms. The highest BCUT2D eigenvalue weighted by atomic mass is 32.2. The largest absolute Gasteiger partial charge is 0.497 e. The van der Waals surface area contributed by atoms with E-state index in [0.717, 1.165) is 6.26 Å². The molecule has 1 N–H and O–H groups in total. The highest BCUT2D eigenvalue weighted by molar-refractivity contribution is 7.92. The summed E-state index contributed by atoms with van der Waals surface area (Å²) in [6, 6.07) is 9.96. The van der Waals surface area contributed by atoms with Crippen LogP contribution in [0.4, 0.5) is 14.5 Å². The molecule has 8 nitrogen and oxygen atoms in total. The van der Waals surface area contributed by atoms with Crippen molar-refractivity contribution < 1.29 is 26.4 Å². The lowest BCUT2D eigenvalue weighted by Crippen LogP contribution is -2.09. The van der Waals surface area contributed by atoms with Crippen LogP contribution in [-0.4, -0.2) is 37.0 Å². The number of rotatable bonds is 5. The van der Waals surface area contributed by atoms with E-state index in [9.17, 15) is 17.2 Å². The van der Waals surface area contributed by atoms with E-state index in [1.165, 1.54) is 6.20 Å². The highest BCUT2D eigenvalue weighted by Gasteiger charge is 2.16. The lowest BCUT2D eigenvalue weighted by atomic mass is 10.3. The van der Waals surface area contributed by atoms with Gasteiger partial charge in [0.15, 0.2) is 0 Å². The Bertz CT molecular complexity index is 948. The van der Waals surface area contributed by atoms with Crippen LogP contribution in [0.1, 0.15) is 12.3 Å². The third-order valence-corrected chi connectivity index (χ3v) is 3.54. The number of halogens is 2. The number of anilines is 1. The molecule has 0 aliphatic rings. The maximum absolute atomic E-state index is 12.1. The molecular weight excluding hydrogens is 382 g/mol. The summed E-state index contributed by atoms with van der Waals surface area (Å²) in [7, 11) is -1.63. The molecular formula is C16H16F2N4O4S. The number of hydrogen-bond acceptors (Lipinski definition) is 7. The van der Waals surface area contributed by atoms with Gasteiger partial charge in [-0.2, -0.15) is 8.78 Å². The zero-order valence-corrected chi connectivity index (χ0v) is 15.2. The third kappa shape index (κ3) is 6.62. The van der Waals surface area contributed by atoms with Crippen LogP contribution in [0.25, 0.3) is 11.5 Å². The van der Waals surface area contributed by atoms with Gasteiger partial charge >= 0.3 is 6.43 Å². The van der Waals surface area contributed by atoms with Crippen molar-refractivity contribution in [3.05, 3.63) is 54.7 Å². The van der Waals surface area contributed by atoms with Crippen LogP contribution in [0.2, 0.25) is 0 Å². The highest BCUT2D eigenvalue weighted by Crippen LogP contribution is 2.22. The van der Waals surface area contributed by atoms with Gasteiger partial charge in [-0.15, -0.1) is 10.2 Å². The molecule has 0 amide bonds. The van der Waals surface area contributed by atoms with Crippen LogP contribution in [-0.2, 0) is 10.0 Å². The molecule has 0 saturated carbocycles. The maximum Gasteiger partial charge on any atom is 0.314 e. The zero-order valence-electron chi connectivity index (χ0n) is 14.3. The molecule has 144 valence electrons. The smallest absolute Gasteiger partial charge is 0.314 e. The summed E-state index contributed by atoms with van der Waals surface area (Å²) >= 11 is 0. The monoisotopic (exact) mass is 398 g/mol. The fourth-order valence-electron chi connectivity index (χ4n) is 1.80. The van der Waals surface area contributed by atoms with Gasteiger partial charge in [0.1, 0.15) is 5.75 Å². The molecule has 3 rings (SSSR count). The van der Waals surface area contributed by atoms with E-state index in [2.05, 4.69) is 19.9 Å². The van der Waals surface area contributed by atoms with E-state index in [1.807, 2.05) is 0 Å². The van der Waals surface area contributed by atoms with Crippen molar-refractivity contribution in [3.63, 3.8) is 0 Å². The van der Waals surface area contributed by atoms with Gasteiger partial charge in [-0.05, 0) is 36.4 Å². The molecule has 2 aromatic heterocycles. The molecule has 0 bridgehead atoms. The summed E-state index contributed by atoms with van der Waals surface area (Å²) in [6.07, 6.45) is 1.39. The fraction of sp³-hybridized carbons (Fsp3) is 0.188. The van der Waals surface area contributed by atoms with Crippen molar-refractivity contribution >= 4 is 15.7 Å². The molecule has 2 heterocycles. The Balaban J connectivity index is 0.000000194. The van der Waals surface area contributed by atoms with E-state index >= 15 is 0 Å². The van der Waals surface area contributed by atoms with Crippen molar-refractivity contribution in [2.24, 2.45) is 0 Å². The predicted octanol–water partition coefficient (Wildman–Crippen LogP) is 3.14. The second kappa shape index (κ2) is 9.03. The second-order valence-corrected chi connectivity index (χ2v) is 6.84. The average Bonchev–Trinajstić information content (AvgIpc) is 3.13. The van der Waals surface area contributed by atoms with E-state index in [-0.39, 0.29) is 5.89 Å². The summed E-state index contributed by atoms with van der Waals surface area (Å²) in [5.74, 6) is 0.0660. The number of hydrogen-bond donors (Lipinski definition) is 1. The number of alkyl halides is 2. The summed E-state index contributed by atoms with van der Waals surface area (Å²) in [5, 5.41) is 6.67. The third-order valence-electron chi connectivity index (χ3n) is 2.93. The lowest BCUT2D eigenvalue weighted by molar-refractivity contribution is 0.116. The quantitative estimate of drug-likeness (QED) is 0.703. The van der Waals surface area contributed by atoms with Crippen molar-refractivity contribution in [2.75, 3.05) is 18.1 Å². The van der Waals surface area contributed by atoms with Crippen molar-refractivity contribution in [2.45, 2.75) is 6.43 Å². The number of nitrogens with one attached hydrogen (secondary N) is 1. The molecule has 0 radical (unpaired) electrons. The van der Waals surface area contributed by atoms with Crippen LogP contribution in [0.15, 0.2) is 53.2 Å². The Kier molecular flexibility index (Phi) is 6.77. The molecule has 0 saturated heterocycles. The van der Waals surface area contributed by atoms with Crippen LogP contribution in [0.3, 0.4) is 0 Å². The molecule has 0 spiro atoms. The van der Waals surface area contributed by atoms with E-state index in [1.54, 1.807) is 49.7 Å². The first-order valence-corrected chi connectivity index (χ1v) is 9.31. The minimum Gasteiger partial charge on any atom is -0.497 e. The van der Waals surface area contributed by atoms with Crippen LogP contribution >= 0.6 is 0 Å². The molecule has 0 aliphatic heterocycles. The SMILES string of the molecule is COc1ccc(NS(C)(=O)=O)cc1.FC(F)c1nnc(-c2cccnc2)o1. The van der Waals surface area contributed by atoms with Gasteiger partial charge in [0, 0.05) is 18.1 Å². The Hall–Kier alpha value is -3.08. The number of sulfonamides is 1. The van der Waals surface area contributed by atoms with E-state index in [4.69, 9.17) is 9.15 Å². The Morgan fingerprint density at radius 3 is 2.33 bits per heavy atom. The number of pyridine rings is 1. The van der Waals surface area contributed by atoms with E-state index < -0.39 is 22.3 Å². The summed E-state index contributed by atoms with van der Waals surface area (Å²) < 4.78 is 57.8. The van der Waals surface area contributed by atoms with Crippen LogP contribution in [0, 0.1) is 0 Å². The number of nitrogens with zero attached hydrogens (tertiary/aromatic N) is 3. The van der Waals surface area contributed by atoms with Crippen molar-refractivity contribution in [1.29, 1.82) is 0 Å². The van der Waals surface area contributed by atoms with Gasteiger partial charge in [-0.25, -0.2) is 8.42 Å². The normalized spacial score (nSPS) is 10.9. The molecule has 0 unspecified atom stereocenters. The predicted molar refractivity (Wildman–Crippen MR) is 93.9 cm³/mol. The molecule has 1 aromatic carbocycles. The minimum absolute atomic E-state index is 0.0494. The Morgan fingerprint density at radius 2 is 1.85 bits per heavy atom. The zero-order chi connectivity index (χ0) is 19.9. The first-order valence-electron chi connectivity index (χ1n) is 7.42. The fourth-order valence-corrected chi connectivity index (χ4v) is 2.37. The summed E-state index contributed by atoms with van der Waals surface area (Å²) in [6.45, 7) is 0. The maximum atomic E-state index is 12.1. The molecule has 27 heavy (non-hydrogen) atoms. The number of ether oxygens (including phenoxy) is 1. The minimum atomic E-state index is -3.19. The Morgan fingerprint density at radius 1 is 1.15 bits per heavy atom. The van der Waals surface area contributed by atoms with Crippen molar-refractivity contribution in [1.82, 2.24) is 15.2 Å². The van der Waals surface area contributed by atoms with Gasteiger partial charge in [0.05, 0.1) is 18.9 Å². The molecule has 0 atom stereocenters. The molecule has 3 aromatic rings. The summed E-state index contributed by atoms with van der Waals surface area (Å²) in [5.41, 5.74) is 1.05.